The molecule has 0 spiro atoms. The molecule has 126 valence electrons. The second kappa shape index (κ2) is 9.06. The molecule has 0 saturated heterocycles. The van der Waals surface area contributed by atoms with E-state index in [0.29, 0.717) is 12.0 Å². The van der Waals surface area contributed by atoms with Gasteiger partial charge in [0.2, 0.25) is 0 Å². The lowest BCUT2D eigenvalue weighted by atomic mass is 10.1. The SMILES string of the molecule is CCCc1ccc(C=NN=Cc2c(F)cc(CCC)cc2F)cc1. The van der Waals surface area contributed by atoms with Crippen LogP contribution in [0.25, 0.3) is 0 Å². The standard InChI is InChI=1S/C20H22F2N2/c1-3-5-15-7-9-16(10-8-15)13-23-24-14-18-19(21)11-17(6-4-2)12-20(18)22/h7-14H,3-6H2,1-2H3. The van der Waals surface area contributed by atoms with Crippen molar-refractivity contribution < 1.29 is 8.78 Å². The first-order valence-corrected chi connectivity index (χ1v) is 8.27. The van der Waals surface area contributed by atoms with Gasteiger partial charge in [-0.25, -0.2) is 8.78 Å². The van der Waals surface area contributed by atoms with Crippen molar-refractivity contribution in [1.29, 1.82) is 0 Å². The maximum absolute atomic E-state index is 13.9. The zero-order chi connectivity index (χ0) is 17.4. The summed E-state index contributed by atoms with van der Waals surface area (Å²) in [7, 11) is 0. The lowest BCUT2D eigenvalue weighted by Gasteiger charge is -2.03. The van der Waals surface area contributed by atoms with Gasteiger partial charge in [-0.15, -0.1) is 0 Å². The predicted octanol–water partition coefficient (Wildman–Crippen LogP) is 5.32. The predicted molar refractivity (Wildman–Crippen MR) is 96.0 cm³/mol. The zero-order valence-electron chi connectivity index (χ0n) is 14.1. The molecule has 24 heavy (non-hydrogen) atoms. The van der Waals surface area contributed by atoms with E-state index in [0.717, 1.165) is 31.0 Å². The fraction of sp³-hybridized carbons (Fsp3) is 0.300. The molecule has 2 aromatic rings. The summed E-state index contributed by atoms with van der Waals surface area (Å²) in [6.07, 6.45) is 6.31. The number of hydrogen-bond donors (Lipinski definition) is 0. The van der Waals surface area contributed by atoms with Crippen LogP contribution in [0.2, 0.25) is 0 Å². The van der Waals surface area contributed by atoms with Crippen LogP contribution < -0.4 is 0 Å². The molecule has 0 bridgehead atoms. The molecular weight excluding hydrogens is 306 g/mol. The van der Waals surface area contributed by atoms with Crippen molar-refractivity contribution in [3.63, 3.8) is 0 Å². The highest BCUT2D eigenvalue weighted by Crippen LogP contribution is 2.15. The minimum atomic E-state index is -0.610. The number of aryl methyl sites for hydroxylation is 2. The van der Waals surface area contributed by atoms with Crippen molar-refractivity contribution in [3.05, 3.63) is 70.3 Å². The second-order valence-corrected chi connectivity index (χ2v) is 5.70. The lowest BCUT2D eigenvalue weighted by molar-refractivity contribution is 0.576. The maximum Gasteiger partial charge on any atom is 0.135 e. The Balaban J connectivity index is 2.05. The molecule has 0 fully saturated rings. The van der Waals surface area contributed by atoms with Crippen LogP contribution in [0.4, 0.5) is 8.78 Å². The summed E-state index contributed by atoms with van der Waals surface area (Å²) in [5, 5.41) is 7.62. The highest BCUT2D eigenvalue weighted by molar-refractivity contribution is 5.83. The van der Waals surface area contributed by atoms with Gasteiger partial charge in [0, 0.05) is 0 Å². The summed E-state index contributed by atoms with van der Waals surface area (Å²) in [5.41, 5.74) is 2.66. The summed E-state index contributed by atoms with van der Waals surface area (Å²) in [4.78, 5) is 0. The average Bonchev–Trinajstić information content (AvgIpc) is 2.55. The van der Waals surface area contributed by atoms with Crippen LogP contribution >= 0.6 is 0 Å². The third kappa shape index (κ3) is 5.08. The van der Waals surface area contributed by atoms with Gasteiger partial charge in [0.15, 0.2) is 0 Å². The van der Waals surface area contributed by atoms with Crippen molar-refractivity contribution in [2.75, 3.05) is 0 Å². The smallest absolute Gasteiger partial charge is 0.135 e. The molecule has 2 rings (SSSR count). The van der Waals surface area contributed by atoms with Crippen LogP contribution in [0.3, 0.4) is 0 Å². The van der Waals surface area contributed by atoms with E-state index >= 15 is 0 Å². The van der Waals surface area contributed by atoms with Gasteiger partial charge < -0.3 is 0 Å². The first kappa shape index (κ1) is 18.0. The minimum absolute atomic E-state index is 0.162. The summed E-state index contributed by atoms with van der Waals surface area (Å²) >= 11 is 0. The Labute approximate surface area is 141 Å². The van der Waals surface area contributed by atoms with Gasteiger partial charge in [-0.1, -0.05) is 51.0 Å². The largest absolute Gasteiger partial charge is 0.206 e. The zero-order valence-corrected chi connectivity index (χ0v) is 14.1. The van der Waals surface area contributed by atoms with Crippen LogP contribution in [-0.2, 0) is 12.8 Å². The van der Waals surface area contributed by atoms with Crippen molar-refractivity contribution in [3.8, 4) is 0 Å². The van der Waals surface area contributed by atoms with Crippen LogP contribution in [0, 0.1) is 11.6 Å². The highest BCUT2D eigenvalue weighted by atomic mass is 19.1. The van der Waals surface area contributed by atoms with E-state index in [1.807, 2.05) is 31.2 Å². The molecule has 2 nitrogen and oxygen atoms in total. The van der Waals surface area contributed by atoms with Crippen LogP contribution in [-0.4, -0.2) is 12.4 Å². The molecule has 0 amide bonds. The van der Waals surface area contributed by atoms with Crippen molar-refractivity contribution in [2.24, 2.45) is 10.2 Å². The van der Waals surface area contributed by atoms with Crippen molar-refractivity contribution in [1.82, 2.24) is 0 Å². The quantitative estimate of drug-likeness (QED) is 0.485. The van der Waals surface area contributed by atoms with Crippen molar-refractivity contribution in [2.45, 2.75) is 39.5 Å². The Bertz CT molecular complexity index is 696. The van der Waals surface area contributed by atoms with Crippen LogP contribution in [0.15, 0.2) is 46.6 Å². The molecule has 0 radical (unpaired) electrons. The molecule has 0 heterocycles. The molecule has 0 aromatic heterocycles. The van der Waals surface area contributed by atoms with Gasteiger partial charge in [0.25, 0.3) is 0 Å². The molecule has 4 heteroatoms. The topological polar surface area (TPSA) is 24.7 Å². The molecule has 0 aliphatic heterocycles. The number of rotatable bonds is 7. The van der Waals surface area contributed by atoms with E-state index in [4.69, 9.17) is 0 Å². The average molecular weight is 328 g/mol. The molecule has 0 aliphatic rings. The molecular formula is C20H22F2N2. The second-order valence-electron chi connectivity index (χ2n) is 5.70. The van der Waals surface area contributed by atoms with E-state index in [-0.39, 0.29) is 5.56 Å². The summed E-state index contributed by atoms with van der Waals surface area (Å²) in [5.74, 6) is -1.22. The Morgan fingerprint density at radius 2 is 1.33 bits per heavy atom. The van der Waals surface area contributed by atoms with E-state index in [1.165, 1.54) is 17.7 Å². The lowest BCUT2D eigenvalue weighted by Crippen LogP contribution is -1.97. The molecule has 2 aromatic carbocycles. The van der Waals surface area contributed by atoms with Crippen molar-refractivity contribution >= 4 is 12.4 Å². The third-order valence-corrected chi connectivity index (χ3v) is 3.66. The number of hydrogen-bond acceptors (Lipinski definition) is 2. The van der Waals surface area contributed by atoms with Gasteiger partial charge >= 0.3 is 0 Å². The summed E-state index contributed by atoms with van der Waals surface area (Å²) < 4.78 is 27.8. The first-order valence-electron chi connectivity index (χ1n) is 8.27. The first-order chi connectivity index (χ1) is 11.6. The number of benzene rings is 2. The molecule has 0 N–H and O–H groups in total. The molecule has 0 unspecified atom stereocenters. The van der Waals surface area contributed by atoms with Gasteiger partial charge in [0.1, 0.15) is 11.6 Å². The van der Waals surface area contributed by atoms with E-state index in [9.17, 15) is 8.78 Å². The summed E-state index contributed by atoms with van der Waals surface area (Å²) in [6.45, 7) is 4.10. The normalized spacial score (nSPS) is 11.7. The van der Waals surface area contributed by atoms with Gasteiger partial charge in [-0.3, -0.25) is 0 Å². The van der Waals surface area contributed by atoms with Gasteiger partial charge in [-0.05, 0) is 41.7 Å². The Morgan fingerprint density at radius 3 is 1.92 bits per heavy atom. The monoisotopic (exact) mass is 328 g/mol. The Hall–Kier alpha value is -2.36. The van der Waals surface area contributed by atoms with E-state index in [2.05, 4.69) is 17.1 Å². The fourth-order valence-corrected chi connectivity index (χ4v) is 2.44. The minimum Gasteiger partial charge on any atom is -0.206 e. The van der Waals surface area contributed by atoms with E-state index < -0.39 is 11.6 Å². The molecule has 0 aliphatic carbocycles. The Kier molecular flexibility index (Phi) is 6.79. The highest BCUT2D eigenvalue weighted by Gasteiger charge is 2.08. The molecule has 0 atom stereocenters. The summed E-state index contributed by atoms with van der Waals surface area (Å²) in [6, 6.07) is 10.7. The van der Waals surface area contributed by atoms with E-state index in [1.54, 1.807) is 6.21 Å². The number of halogens is 2. The molecule has 0 saturated carbocycles. The van der Waals surface area contributed by atoms with Gasteiger partial charge in [-0.2, -0.15) is 10.2 Å². The van der Waals surface area contributed by atoms with Gasteiger partial charge in [0.05, 0.1) is 18.0 Å². The fourth-order valence-electron chi connectivity index (χ4n) is 2.44. The Morgan fingerprint density at radius 1 is 0.792 bits per heavy atom. The third-order valence-electron chi connectivity index (χ3n) is 3.66. The van der Waals surface area contributed by atoms with Crippen LogP contribution in [0.1, 0.15) is 48.9 Å². The van der Waals surface area contributed by atoms with Crippen LogP contribution in [0.5, 0.6) is 0 Å². The maximum atomic E-state index is 13.9. The number of nitrogens with zero attached hydrogens (tertiary/aromatic N) is 2.